The number of hydrogen-bond donors (Lipinski definition) is 1. The van der Waals surface area contributed by atoms with Gasteiger partial charge in [-0.15, -0.1) is 0 Å². The lowest BCUT2D eigenvalue weighted by atomic mass is 9.82. The van der Waals surface area contributed by atoms with Gasteiger partial charge in [0.25, 0.3) is 0 Å². The number of imide groups is 1. The number of allylic oxidation sites excluding steroid dienone is 8. The van der Waals surface area contributed by atoms with Crippen molar-refractivity contribution in [3.05, 3.63) is 48.6 Å². The molecule has 292 valence electrons. The summed E-state index contributed by atoms with van der Waals surface area (Å²) in [4.78, 5) is 31.0. The molecule has 5 nitrogen and oxygen atoms in total. The molecule has 1 heterocycles. The second-order valence-electron chi connectivity index (χ2n) is 15.8. The summed E-state index contributed by atoms with van der Waals surface area (Å²) in [5.41, 5.74) is 0. The van der Waals surface area contributed by atoms with Gasteiger partial charge in [0.2, 0.25) is 5.91 Å². The topological polar surface area (TPSA) is 52.7 Å². The van der Waals surface area contributed by atoms with Crippen molar-refractivity contribution in [3.8, 4) is 0 Å². The molecule has 0 radical (unpaired) electrons. The van der Waals surface area contributed by atoms with Crippen LogP contribution in [0.3, 0.4) is 0 Å². The van der Waals surface area contributed by atoms with Crippen molar-refractivity contribution in [2.24, 2.45) is 17.8 Å². The molecule has 0 bridgehead atoms. The first kappa shape index (κ1) is 45.0. The van der Waals surface area contributed by atoms with Crippen molar-refractivity contribution >= 4 is 11.9 Å². The highest BCUT2D eigenvalue weighted by Gasteiger charge is 2.35. The molecule has 0 saturated carbocycles. The van der Waals surface area contributed by atoms with E-state index in [0.29, 0.717) is 5.92 Å². The first-order chi connectivity index (χ1) is 25.0. The van der Waals surface area contributed by atoms with Gasteiger partial charge in [-0.2, -0.15) is 0 Å². The van der Waals surface area contributed by atoms with Crippen LogP contribution in [0.2, 0.25) is 0 Å². The molecule has 2 rings (SSSR count). The van der Waals surface area contributed by atoms with E-state index in [2.05, 4.69) is 79.7 Å². The largest absolute Gasteiger partial charge is 0.341 e. The van der Waals surface area contributed by atoms with Gasteiger partial charge >= 0.3 is 6.03 Å². The zero-order valence-electron chi connectivity index (χ0n) is 33.9. The van der Waals surface area contributed by atoms with Gasteiger partial charge in [-0.05, 0) is 115 Å². The molecule has 1 aliphatic heterocycles. The second-order valence-corrected chi connectivity index (χ2v) is 15.8. The van der Waals surface area contributed by atoms with Crippen LogP contribution in [0.15, 0.2) is 48.6 Å². The van der Waals surface area contributed by atoms with Crippen molar-refractivity contribution in [3.63, 3.8) is 0 Å². The summed E-state index contributed by atoms with van der Waals surface area (Å²) in [6.45, 7) is 6.54. The van der Waals surface area contributed by atoms with Crippen molar-refractivity contribution in [1.82, 2.24) is 15.1 Å². The predicted octanol–water partition coefficient (Wildman–Crippen LogP) is 12.7. The lowest BCUT2D eigenvalue weighted by Crippen LogP contribution is -2.54. The number of hydrogen-bond acceptors (Lipinski definition) is 3. The van der Waals surface area contributed by atoms with Gasteiger partial charge in [0, 0.05) is 19.0 Å². The van der Waals surface area contributed by atoms with E-state index in [1.54, 1.807) is 11.9 Å². The Morgan fingerprint density at radius 3 is 1.78 bits per heavy atom. The van der Waals surface area contributed by atoms with Gasteiger partial charge in [0.05, 0.1) is 0 Å². The second kappa shape index (κ2) is 30.3. The summed E-state index contributed by atoms with van der Waals surface area (Å²) >= 11 is 0. The van der Waals surface area contributed by atoms with Crippen LogP contribution in [0.1, 0.15) is 181 Å². The summed E-state index contributed by atoms with van der Waals surface area (Å²) < 4.78 is 0. The zero-order valence-corrected chi connectivity index (χ0v) is 33.9. The fourth-order valence-corrected chi connectivity index (χ4v) is 8.14. The number of nitrogens with zero attached hydrogens (tertiary/aromatic N) is 2. The number of likely N-dealkylation sites (tertiary alicyclic amines) is 1. The lowest BCUT2D eigenvalue weighted by molar-refractivity contribution is -0.135. The summed E-state index contributed by atoms with van der Waals surface area (Å²) in [6, 6.07) is -0.196. The SMILES string of the molecule is CCCCC1/C=C\C/C=C\CCCCCCCCC(C(=O)N(C(=O)NC)C2CCN(C)CC2)CCCCCCCC/C=C\C/C=C\CC1CCC. The van der Waals surface area contributed by atoms with Gasteiger partial charge in [-0.25, -0.2) is 4.79 Å². The molecule has 1 fully saturated rings. The molecule has 3 atom stereocenters. The average Bonchev–Trinajstić information content (AvgIpc) is 3.13. The van der Waals surface area contributed by atoms with Crippen LogP contribution < -0.4 is 5.32 Å². The van der Waals surface area contributed by atoms with Gasteiger partial charge in [0.15, 0.2) is 0 Å². The molecule has 0 aromatic heterocycles. The highest BCUT2D eigenvalue weighted by Crippen LogP contribution is 2.29. The van der Waals surface area contributed by atoms with E-state index >= 15 is 0 Å². The van der Waals surface area contributed by atoms with Crippen molar-refractivity contribution in [1.29, 1.82) is 0 Å². The van der Waals surface area contributed by atoms with E-state index in [9.17, 15) is 9.59 Å². The number of piperidine rings is 1. The van der Waals surface area contributed by atoms with Crippen molar-refractivity contribution < 1.29 is 9.59 Å². The Morgan fingerprint density at radius 1 is 0.667 bits per heavy atom. The summed E-state index contributed by atoms with van der Waals surface area (Å²) in [7, 11) is 3.79. The van der Waals surface area contributed by atoms with Crippen LogP contribution in [-0.4, -0.2) is 55.0 Å². The van der Waals surface area contributed by atoms with Crippen LogP contribution in [0.25, 0.3) is 0 Å². The lowest BCUT2D eigenvalue weighted by Gasteiger charge is -2.37. The quantitative estimate of drug-likeness (QED) is 0.268. The molecule has 1 aliphatic carbocycles. The first-order valence-electron chi connectivity index (χ1n) is 21.9. The van der Waals surface area contributed by atoms with Crippen molar-refractivity contribution in [2.75, 3.05) is 27.2 Å². The monoisotopic (exact) mass is 708 g/mol. The van der Waals surface area contributed by atoms with E-state index < -0.39 is 0 Å². The van der Waals surface area contributed by atoms with Crippen LogP contribution in [-0.2, 0) is 4.79 Å². The van der Waals surface area contributed by atoms with E-state index in [4.69, 9.17) is 0 Å². The van der Waals surface area contributed by atoms with Crippen LogP contribution >= 0.6 is 0 Å². The number of urea groups is 1. The van der Waals surface area contributed by atoms with Gasteiger partial charge in [-0.1, -0.05) is 146 Å². The molecule has 5 heteroatoms. The Bertz CT molecular complexity index is 992. The Labute approximate surface area is 316 Å². The highest BCUT2D eigenvalue weighted by molar-refractivity contribution is 5.96. The van der Waals surface area contributed by atoms with Crippen LogP contribution in [0.5, 0.6) is 0 Å². The highest BCUT2D eigenvalue weighted by atomic mass is 16.2. The number of nitrogens with one attached hydrogen (secondary N) is 1. The molecule has 2 aliphatic rings. The molecule has 51 heavy (non-hydrogen) atoms. The molecule has 0 spiro atoms. The molecule has 1 saturated heterocycles. The Hall–Kier alpha value is -2.14. The Morgan fingerprint density at radius 2 is 1.22 bits per heavy atom. The van der Waals surface area contributed by atoms with Crippen LogP contribution in [0, 0.1) is 17.8 Å². The van der Waals surface area contributed by atoms with Crippen molar-refractivity contribution in [2.45, 2.75) is 187 Å². The maximum absolute atomic E-state index is 14.0. The minimum atomic E-state index is -0.213. The van der Waals surface area contributed by atoms with Gasteiger partial charge < -0.3 is 10.2 Å². The third-order valence-corrected chi connectivity index (χ3v) is 11.4. The fourth-order valence-electron chi connectivity index (χ4n) is 8.14. The predicted molar refractivity (Wildman–Crippen MR) is 221 cm³/mol. The van der Waals surface area contributed by atoms with Crippen LogP contribution in [0.4, 0.5) is 4.79 Å². The molecular weight excluding hydrogens is 627 g/mol. The fraction of sp³-hybridized carbons (Fsp3) is 0.783. The van der Waals surface area contributed by atoms with E-state index in [1.807, 2.05) is 0 Å². The first-order valence-corrected chi connectivity index (χ1v) is 21.9. The van der Waals surface area contributed by atoms with Gasteiger partial charge in [-0.3, -0.25) is 9.69 Å². The maximum Gasteiger partial charge on any atom is 0.324 e. The molecule has 1 N–H and O–H groups in total. The number of carbonyl (C=O) groups is 2. The standard InChI is InChI=1S/C46H81N3O2/c1-5-7-32-42-34-28-24-20-16-13-10-14-18-22-26-30-36-43(45(50)49(46(51)47-3)44-37-39-48(4)40-38-44)35-29-25-21-17-12-9-8-11-15-19-23-27-33-41(42)31-6-2/h11,15-16,20,23,27-28,34,41-44H,5-10,12-14,17-19,21-22,24-26,29-33,35-40H2,1-4H3,(H,47,51)/b15-11-,20-16-,27-23-,34-28-. The maximum atomic E-state index is 14.0. The third kappa shape index (κ3) is 20.6. The molecule has 3 unspecified atom stereocenters. The van der Waals surface area contributed by atoms with E-state index in [0.717, 1.165) is 70.4 Å². The normalized spacial score (nSPS) is 27.0. The minimum absolute atomic E-state index is 0.0175. The smallest absolute Gasteiger partial charge is 0.324 e. The molecule has 0 aromatic carbocycles. The Kier molecular flexibility index (Phi) is 26.8. The number of rotatable bonds is 7. The molecule has 3 amide bonds. The zero-order chi connectivity index (χ0) is 36.8. The number of amides is 3. The summed E-state index contributed by atoms with van der Waals surface area (Å²) in [5, 5.41) is 2.79. The summed E-state index contributed by atoms with van der Waals surface area (Å²) in [6.07, 6.45) is 49.7. The van der Waals surface area contributed by atoms with Gasteiger partial charge in [0.1, 0.15) is 0 Å². The van der Waals surface area contributed by atoms with E-state index in [-0.39, 0.29) is 23.9 Å². The number of carbonyl (C=O) groups excluding carboxylic acids is 2. The average molecular weight is 708 g/mol. The molecule has 0 aromatic rings. The number of unbranched alkanes of at least 4 members (excludes halogenated alkanes) is 1. The minimum Gasteiger partial charge on any atom is -0.341 e. The summed E-state index contributed by atoms with van der Waals surface area (Å²) in [5.74, 6) is 1.49. The van der Waals surface area contributed by atoms with E-state index in [1.165, 1.54) is 116 Å². The molecular formula is C46H81N3O2. The third-order valence-electron chi connectivity index (χ3n) is 11.4. The Balaban J connectivity index is 1.97.